The highest BCUT2D eigenvalue weighted by atomic mass is 127. The van der Waals surface area contributed by atoms with E-state index < -0.39 is 0 Å². The van der Waals surface area contributed by atoms with Gasteiger partial charge in [0.1, 0.15) is 11.9 Å². The van der Waals surface area contributed by atoms with Crippen molar-refractivity contribution in [2.75, 3.05) is 19.6 Å². The number of guanidine groups is 1. The molecule has 1 aromatic carbocycles. The van der Waals surface area contributed by atoms with Crippen molar-refractivity contribution >= 4 is 41.3 Å². The average molecular weight is 504 g/mol. The maximum atomic E-state index is 13.2. The summed E-state index contributed by atoms with van der Waals surface area (Å²) in [6.45, 7) is 8.98. The molecule has 1 aliphatic heterocycles. The summed E-state index contributed by atoms with van der Waals surface area (Å²) in [5.41, 5.74) is 0.983. The number of rotatable bonds is 4. The molecular formula is C19H26FIN4OS. The van der Waals surface area contributed by atoms with Gasteiger partial charge in [0, 0.05) is 24.2 Å². The fourth-order valence-electron chi connectivity index (χ4n) is 3.04. The third kappa shape index (κ3) is 6.11. The Morgan fingerprint density at radius 3 is 2.74 bits per heavy atom. The lowest BCUT2D eigenvalue weighted by molar-refractivity contribution is -0.0605. The monoisotopic (exact) mass is 504 g/mol. The van der Waals surface area contributed by atoms with Crippen LogP contribution in [0.15, 0.2) is 35.5 Å². The number of benzene rings is 1. The normalized spacial score (nSPS) is 20.3. The molecule has 2 atom stereocenters. The van der Waals surface area contributed by atoms with Crippen LogP contribution >= 0.6 is 35.3 Å². The number of halogens is 2. The minimum absolute atomic E-state index is 0. The summed E-state index contributed by atoms with van der Waals surface area (Å²) in [5, 5.41) is 4.43. The summed E-state index contributed by atoms with van der Waals surface area (Å²) in [5.74, 6) is 0.644. The maximum Gasteiger partial charge on any atom is 0.194 e. The fourth-order valence-corrected chi connectivity index (χ4v) is 3.76. The van der Waals surface area contributed by atoms with Crippen LogP contribution in [0, 0.1) is 12.7 Å². The van der Waals surface area contributed by atoms with Gasteiger partial charge in [-0.15, -0.1) is 35.3 Å². The Bertz CT molecular complexity index is 752. The van der Waals surface area contributed by atoms with Gasteiger partial charge in [0.25, 0.3) is 0 Å². The van der Waals surface area contributed by atoms with Gasteiger partial charge < -0.3 is 15.0 Å². The van der Waals surface area contributed by atoms with E-state index in [4.69, 9.17) is 9.73 Å². The van der Waals surface area contributed by atoms with Crippen LogP contribution in [0.25, 0.3) is 0 Å². The van der Waals surface area contributed by atoms with Gasteiger partial charge in [0.2, 0.25) is 0 Å². The van der Waals surface area contributed by atoms with Crippen LogP contribution in [0.4, 0.5) is 4.39 Å². The van der Waals surface area contributed by atoms with Crippen LogP contribution in [0.3, 0.4) is 0 Å². The van der Waals surface area contributed by atoms with Crippen molar-refractivity contribution in [3.8, 4) is 0 Å². The van der Waals surface area contributed by atoms with E-state index in [1.807, 2.05) is 13.1 Å². The summed E-state index contributed by atoms with van der Waals surface area (Å²) in [6.07, 6.45) is 1.85. The van der Waals surface area contributed by atoms with Crippen LogP contribution in [0.5, 0.6) is 0 Å². The minimum atomic E-state index is -0.232. The Morgan fingerprint density at radius 1 is 1.37 bits per heavy atom. The van der Waals surface area contributed by atoms with Gasteiger partial charge in [0.15, 0.2) is 5.96 Å². The van der Waals surface area contributed by atoms with Crippen LogP contribution in [-0.4, -0.2) is 41.6 Å². The van der Waals surface area contributed by atoms with Gasteiger partial charge in [-0.3, -0.25) is 0 Å². The summed E-state index contributed by atoms with van der Waals surface area (Å²) in [4.78, 5) is 12.4. The van der Waals surface area contributed by atoms with E-state index >= 15 is 0 Å². The van der Waals surface area contributed by atoms with Crippen molar-refractivity contribution < 1.29 is 9.13 Å². The highest BCUT2D eigenvalue weighted by molar-refractivity contribution is 14.0. The van der Waals surface area contributed by atoms with Gasteiger partial charge in [-0.25, -0.2) is 14.4 Å². The first-order valence-electron chi connectivity index (χ1n) is 8.90. The molecule has 3 rings (SSSR count). The largest absolute Gasteiger partial charge is 0.367 e. The second-order valence-electron chi connectivity index (χ2n) is 6.41. The van der Waals surface area contributed by atoms with Gasteiger partial charge in [0.05, 0.1) is 24.2 Å². The molecule has 148 valence electrons. The van der Waals surface area contributed by atoms with Crippen LogP contribution < -0.4 is 5.32 Å². The van der Waals surface area contributed by atoms with Crippen LogP contribution in [0.1, 0.15) is 35.4 Å². The Balaban J connectivity index is 0.00000261. The molecule has 2 aromatic rings. The number of morpholine rings is 1. The van der Waals surface area contributed by atoms with E-state index in [-0.39, 0.29) is 42.0 Å². The number of nitrogens with zero attached hydrogens (tertiary/aromatic N) is 3. The summed E-state index contributed by atoms with van der Waals surface area (Å²) in [6, 6.07) is 6.54. The topological polar surface area (TPSA) is 49.8 Å². The van der Waals surface area contributed by atoms with Gasteiger partial charge in [-0.2, -0.15) is 0 Å². The van der Waals surface area contributed by atoms with E-state index in [0.717, 1.165) is 34.5 Å². The Morgan fingerprint density at radius 2 is 2.11 bits per heavy atom. The Hall–Kier alpha value is -1.26. The summed E-state index contributed by atoms with van der Waals surface area (Å²) in [7, 11) is 0. The summed E-state index contributed by atoms with van der Waals surface area (Å²) < 4.78 is 19.3. The summed E-state index contributed by atoms with van der Waals surface area (Å²) >= 11 is 1.67. The lowest BCUT2D eigenvalue weighted by Crippen LogP contribution is -2.50. The zero-order chi connectivity index (χ0) is 18.5. The SMILES string of the molecule is CCNC(=NCc1cnc(C)s1)N1CC(C)OC(c2ccc(F)cc2)C1.I. The van der Waals surface area contributed by atoms with Gasteiger partial charge >= 0.3 is 0 Å². The highest BCUT2D eigenvalue weighted by Crippen LogP contribution is 2.25. The van der Waals surface area contributed by atoms with E-state index in [1.54, 1.807) is 23.5 Å². The molecular weight excluding hydrogens is 478 g/mol. The van der Waals surface area contributed by atoms with Gasteiger partial charge in [-0.05, 0) is 38.5 Å². The van der Waals surface area contributed by atoms with Crippen molar-refractivity contribution in [3.05, 3.63) is 51.7 Å². The van der Waals surface area contributed by atoms with Crippen molar-refractivity contribution in [1.82, 2.24) is 15.2 Å². The molecule has 2 unspecified atom stereocenters. The van der Waals surface area contributed by atoms with Crippen LogP contribution in [0.2, 0.25) is 0 Å². The maximum absolute atomic E-state index is 13.2. The number of aryl methyl sites for hydroxylation is 1. The van der Waals surface area contributed by atoms with Crippen molar-refractivity contribution in [3.63, 3.8) is 0 Å². The predicted octanol–water partition coefficient (Wildman–Crippen LogP) is 4.14. The lowest BCUT2D eigenvalue weighted by Gasteiger charge is -2.38. The zero-order valence-corrected chi connectivity index (χ0v) is 19.0. The molecule has 1 N–H and O–H groups in total. The van der Waals surface area contributed by atoms with Crippen LogP contribution in [-0.2, 0) is 11.3 Å². The first kappa shape index (κ1) is 22.0. The van der Waals surface area contributed by atoms with Crippen molar-refractivity contribution in [2.24, 2.45) is 4.99 Å². The zero-order valence-electron chi connectivity index (χ0n) is 15.8. The van der Waals surface area contributed by atoms with Gasteiger partial charge in [-0.1, -0.05) is 12.1 Å². The molecule has 0 amide bonds. The molecule has 1 aromatic heterocycles. The third-order valence-corrected chi connectivity index (χ3v) is 5.09. The molecule has 2 heterocycles. The quantitative estimate of drug-likeness (QED) is 0.387. The van der Waals surface area contributed by atoms with Crippen molar-refractivity contribution in [1.29, 1.82) is 0 Å². The molecule has 8 heteroatoms. The molecule has 1 saturated heterocycles. The number of hydrogen-bond acceptors (Lipinski definition) is 4. The van der Waals surface area contributed by atoms with E-state index in [0.29, 0.717) is 13.1 Å². The second kappa shape index (κ2) is 10.3. The number of nitrogens with one attached hydrogen (secondary N) is 1. The van der Waals surface area contributed by atoms with E-state index in [2.05, 4.69) is 29.0 Å². The smallest absolute Gasteiger partial charge is 0.194 e. The van der Waals surface area contributed by atoms with Crippen molar-refractivity contribution in [2.45, 2.75) is 39.5 Å². The number of thiazole rings is 1. The van der Waals surface area contributed by atoms with E-state index in [9.17, 15) is 4.39 Å². The molecule has 0 bridgehead atoms. The molecule has 0 radical (unpaired) electrons. The van der Waals surface area contributed by atoms with E-state index in [1.165, 1.54) is 12.1 Å². The lowest BCUT2D eigenvalue weighted by atomic mass is 10.1. The Labute approximate surface area is 181 Å². The predicted molar refractivity (Wildman–Crippen MR) is 118 cm³/mol. The molecule has 0 saturated carbocycles. The average Bonchev–Trinajstić information content (AvgIpc) is 3.04. The fraction of sp³-hybridized carbons (Fsp3) is 0.474. The molecule has 1 aliphatic rings. The number of aromatic nitrogens is 1. The number of hydrogen-bond donors (Lipinski definition) is 1. The standard InChI is InChI=1S/C19H25FN4OS.HI/c1-4-21-19(23-10-17-9-22-14(3)26-17)24-11-13(2)25-18(12-24)15-5-7-16(20)8-6-15;/h5-9,13,18H,4,10-12H2,1-3H3,(H,21,23);1H. The first-order valence-corrected chi connectivity index (χ1v) is 9.72. The number of aliphatic imine (C=N–C) groups is 1. The number of ether oxygens (including phenoxy) is 1. The minimum Gasteiger partial charge on any atom is -0.367 e. The molecule has 0 spiro atoms. The first-order chi connectivity index (χ1) is 12.5. The third-order valence-electron chi connectivity index (χ3n) is 4.19. The highest BCUT2D eigenvalue weighted by Gasteiger charge is 2.28. The Kier molecular flexibility index (Phi) is 8.43. The molecule has 1 fully saturated rings. The molecule has 0 aliphatic carbocycles. The molecule has 5 nitrogen and oxygen atoms in total. The molecule has 27 heavy (non-hydrogen) atoms. The second-order valence-corrected chi connectivity index (χ2v) is 7.73.